The van der Waals surface area contributed by atoms with E-state index in [4.69, 9.17) is 16.3 Å². The number of carboxylic acid groups (broad SMARTS) is 1. The van der Waals surface area contributed by atoms with E-state index < -0.39 is 38.8 Å². The Morgan fingerprint density at radius 2 is 1.84 bits per heavy atom. The average Bonchev–Trinajstić information content (AvgIpc) is 2.50. The van der Waals surface area contributed by atoms with Gasteiger partial charge in [0.25, 0.3) is 5.91 Å². The molecule has 0 aromatic heterocycles. The molecular weight excluding hydrogens is 372 g/mol. The van der Waals surface area contributed by atoms with Gasteiger partial charge in [-0.2, -0.15) is 4.72 Å². The molecule has 0 fully saturated rings. The Hall–Kier alpha value is -1.84. The maximum Gasteiger partial charge on any atom is 0.322 e. The molecule has 0 spiro atoms. The molecule has 0 saturated heterocycles. The number of carbonyl (C=O) groups is 2. The lowest BCUT2D eigenvalue weighted by atomic mass is 10.1. The highest BCUT2D eigenvalue weighted by molar-refractivity contribution is 7.89. The van der Waals surface area contributed by atoms with Crippen LogP contribution in [0.2, 0.25) is 5.02 Å². The average molecular weight is 393 g/mol. The van der Waals surface area contributed by atoms with Crippen molar-refractivity contribution in [3.63, 3.8) is 0 Å². The van der Waals surface area contributed by atoms with Gasteiger partial charge in [-0.25, -0.2) is 8.42 Å². The molecule has 1 aromatic rings. The zero-order valence-corrected chi connectivity index (χ0v) is 16.1. The number of hydrogen-bond donors (Lipinski definition) is 2. The van der Waals surface area contributed by atoms with E-state index in [0.717, 1.165) is 6.07 Å². The molecule has 0 aliphatic rings. The number of methoxy groups -OCH3 is 1. The molecule has 2 N–H and O–H groups in total. The highest BCUT2D eigenvalue weighted by atomic mass is 35.5. The van der Waals surface area contributed by atoms with Crippen LogP contribution in [0.4, 0.5) is 0 Å². The molecule has 0 aliphatic carbocycles. The van der Waals surface area contributed by atoms with Crippen LogP contribution in [0.15, 0.2) is 17.0 Å². The van der Waals surface area contributed by atoms with Gasteiger partial charge < -0.3 is 14.7 Å². The van der Waals surface area contributed by atoms with E-state index in [1.54, 1.807) is 13.8 Å². The van der Waals surface area contributed by atoms with Gasteiger partial charge in [0.2, 0.25) is 10.0 Å². The number of nitrogens with zero attached hydrogens (tertiary/aromatic N) is 1. The van der Waals surface area contributed by atoms with Crippen molar-refractivity contribution < 1.29 is 27.9 Å². The van der Waals surface area contributed by atoms with Gasteiger partial charge >= 0.3 is 5.97 Å². The second-order valence-electron chi connectivity index (χ2n) is 5.87. The molecule has 10 heteroatoms. The lowest BCUT2D eigenvalue weighted by Gasteiger charge is -2.21. The van der Waals surface area contributed by atoms with Gasteiger partial charge in [0.1, 0.15) is 10.9 Å². The monoisotopic (exact) mass is 392 g/mol. The Balaban J connectivity index is 3.55. The zero-order chi connectivity index (χ0) is 19.5. The summed E-state index contributed by atoms with van der Waals surface area (Å²) in [5.74, 6) is -2.53. The smallest absolute Gasteiger partial charge is 0.322 e. The molecule has 1 amide bonds. The number of amides is 1. The van der Waals surface area contributed by atoms with Gasteiger partial charge in [-0.05, 0) is 18.1 Å². The molecule has 1 rings (SSSR count). The van der Waals surface area contributed by atoms with Crippen molar-refractivity contribution in [3.05, 3.63) is 22.7 Å². The van der Waals surface area contributed by atoms with E-state index in [-0.39, 0.29) is 16.3 Å². The Labute approximate surface area is 151 Å². The number of benzene rings is 1. The van der Waals surface area contributed by atoms with E-state index >= 15 is 0 Å². The highest BCUT2D eigenvalue weighted by Crippen LogP contribution is 2.32. The minimum atomic E-state index is -4.31. The van der Waals surface area contributed by atoms with E-state index in [0.29, 0.717) is 0 Å². The Bertz CT molecular complexity index is 776. The van der Waals surface area contributed by atoms with Crippen LogP contribution in [0.25, 0.3) is 0 Å². The van der Waals surface area contributed by atoms with Gasteiger partial charge in [-0.15, -0.1) is 0 Å². The van der Waals surface area contributed by atoms with Gasteiger partial charge in [-0.1, -0.05) is 25.4 Å². The number of ether oxygens (including phenoxy) is 1. The lowest BCUT2D eigenvalue weighted by Crippen LogP contribution is -2.44. The van der Waals surface area contributed by atoms with Crippen molar-refractivity contribution in [2.24, 2.45) is 5.92 Å². The molecule has 0 saturated carbocycles. The van der Waals surface area contributed by atoms with Gasteiger partial charge in [-0.3, -0.25) is 9.59 Å². The number of rotatable bonds is 7. The van der Waals surface area contributed by atoms with Crippen molar-refractivity contribution in [2.75, 3.05) is 21.2 Å². The molecule has 8 nitrogen and oxygen atoms in total. The van der Waals surface area contributed by atoms with Crippen LogP contribution in [0.1, 0.15) is 24.2 Å². The molecule has 0 unspecified atom stereocenters. The number of sulfonamides is 1. The fourth-order valence-electron chi connectivity index (χ4n) is 2.08. The summed E-state index contributed by atoms with van der Waals surface area (Å²) in [5.41, 5.74) is -0.0446. The summed E-state index contributed by atoms with van der Waals surface area (Å²) in [4.78, 5) is 24.4. The minimum absolute atomic E-state index is 0.00259. The van der Waals surface area contributed by atoms with E-state index in [1.807, 2.05) is 0 Å². The third-order valence-electron chi connectivity index (χ3n) is 3.36. The quantitative estimate of drug-likeness (QED) is 0.725. The van der Waals surface area contributed by atoms with Crippen molar-refractivity contribution >= 4 is 33.5 Å². The zero-order valence-electron chi connectivity index (χ0n) is 14.5. The molecule has 0 radical (unpaired) electrons. The Morgan fingerprint density at radius 1 is 1.28 bits per heavy atom. The highest BCUT2D eigenvalue weighted by Gasteiger charge is 2.32. The fraction of sp³-hybridized carbons (Fsp3) is 0.467. The first-order chi connectivity index (χ1) is 11.4. The predicted octanol–water partition coefficient (Wildman–Crippen LogP) is 1.44. The number of halogens is 1. The van der Waals surface area contributed by atoms with Crippen molar-refractivity contribution in [2.45, 2.75) is 24.8 Å². The van der Waals surface area contributed by atoms with Crippen LogP contribution in [0.3, 0.4) is 0 Å². The number of carbonyl (C=O) groups excluding carboxylic acids is 1. The Kier molecular flexibility index (Phi) is 6.81. The Morgan fingerprint density at radius 3 is 2.24 bits per heavy atom. The first-order valence-corrected chi connectivity index (χ1v) is 9.12. The van der Waals surface area contributed by atoms with Crippen LogP contribution >= 0.6 is 11.6 Å². The van der Waals surface area contributed by atoms with Crippen LogP contribution < -0.4 is 9.46 Å². The summed E-state index contributed by atoms with van der Waals surface area (Å²) < 4.78 is 32.6. The summed E-state index contributed by atoms with van der Waals surface area (Å²) in [5, 5.41) is 9.21. The summed E-state index contributed by atoms with van der Waals surface area (Å²) in [6.07, 6.45) is 0. The third kappa shape index (κ3) is 4.83. The number of hydrogen-bond acceptors (Lipinski definition) is 5. The maximum atomic E-state index is 12.7. The largest absolute Gasteiger partial charge is 0.494 e. The molecule has 1 atom stereocenters. The van der Waals surface area contributed by atoms with Crippen molar-refractivity contribution in [1.29, 1.82) is 0 Å². The molecule has 25 heavy (non-hydrogen) atoms. The van der Waals surface area contributed by atoms with Gasteiger partial charge in [0.05, 0.1) is 12.7 Å². The lowest BCUT2D eigenvalue weighted by molar-refractivity contribution is -0.140. The molecule has 0 heterocycles. The third-order valence-corrected chi connectivity index (χ3v) is 5.03. The predicted molar refractivity (Wildman–Crippen MR) is 92.6 cm³/mol. The molecule has 1 aromatic carbocycles. The van der Waals surface area contributed by atoms with Crippen molar-refractivity contribution in [1.82, 2.24) is 9.62 Å². The number of nitrogens with one attached hydrogen (secondary N) is 1. The SMILES string of the molecule is COc1c(C(=O)N(C)C)cc(Cl)cc1S(=O)(=O)N[C@@H](C(=O)O)C(C)C. The molecule has 140 valence electrons. The molecular formula is C15H21ClN2O6S. The van der Waals surface area contributed by atoms with E-state index in [2.05, 4.69) is 4.72 Å². The van der Waals surface area contributed by atoms with Crippen molar-refractivity contribution in [3.8, 4) is 5.75 Å². The molecule has 0 aliphatic heterocycles. The van der Waals surface area contributed by atoms with Gasteiger partial charge in [0, 0.05) is 19.1 Å². The first-order valence-electron chi connectivity index (χ1n) is 7.26. The van der Waals surface area contributed by atoms with Crippen LogP contribution in [-0.4, -0.2) is 57.5 Å². The topological polar surface area (TPSA) is 113 Å². The summed E-state index contributed by atoms with van der Waals surface area (Å²) in [6, 6.07) is 1.05. The molecule has 0 bridgehead atoms. The fourth-order valence-corrected chi connectivity index (χ4v) is 3.92. The van der Waals surface area contributed by atoms with Crippen LogP contribution in [0.5, 0.6) is 5.75 Å². The summed E-state index contributed by atoms with van der Waals surface area (Å²) in [7, 11) is -0.105. The second-order valence-corrected chi connectivity index (χ2v) is 7.98. The standard InChI is InChI=1S/C15H21ClN2O6S/c1-8(2)12(15(20)21)17-25(22,23)11-7-9(16)6-10(13(11)24-5)14(19)18(3)4/h6-8,12,17H,1-5H3,(H,20,21)/t12-/m1/s1. The first kappa shape index (κ1) is 21.2. The van der Waals surface area contributed by atoms with Gasteiger partial charge in [0.15, 0.2) is 5.75 Å². The normalized spacial score (nSPS) is 12.8. The van der Waals surface area contributed by atoms with Crippen LogP contribution in [-0.2, 0) is 14.8 Å². The minimum Gasteiger partial charge on any atom is -0.494 e. The number of aliphatic carboxylic acids is 1. The number of carboxylic acids is 1. The van der Waals surface area contributed by atoms with E-state index in [1.165, 1.54) is 32.2 Å². The van der Waals surface area contributed by atoms with Crippen LogP contribution in [0, 0.1) is 5.92 Å². The maximum absolute atomic E-state index is 12.7. The second kappa shape index (κ2) is 8.03. The summed E-state index contributed by atoms with van der Waals surface area (Å²) in [6.45, 7) is 3.13. The summed E-state index contributed by atoms with van der Waals surface area (Å²) >= 11 is 5.96. The van der Waals surface area contributed by atoms with E-state index in [9.17, 15) is 23.1 Å².